The summed E-state index contributed by atoms with van der Waals surface area (Å²) in [6.07, 6.45) is 2.18. The highest BCUT2D eigenvalue weighted by Gasteiger charge is 2.30. The van der Waals surface area contributed by atoms with Crippen LogP contribution in [0.15, 0.2) is 143 Å². The molecule has 11 aromatic rings. The number of hydrogen-bond acceptors (Lipinski definition) is 4. The summed E-state index contributed by atoms with van der Waals surface area (Å²) >= 11 is 1.85. The van der Waals surface area contributed by atoms with E-state index in [1.54, 1.807) is 0 Å². The van der Waals surface area contributed by atoms with Crippen LogP contribution in [0, 0.1) is 10.8 Å². The molecule has 0 spiro atoms. The Labute approximate surface area is 435 Å². The smallest absolute Gasteiger partial charge is 0.266 e. The van der Waals surface area contributed by atoms with Gasteiger partial charge in [0.15, 0.2) is 0 Å². The lowest BCUT2D eigenvalue weighted by atomic mass is 9.72. The molecule has 0 amide bonds. The van der Waals surface area contributed by atoms with Gasteiger partial charge in [-0.3, -0.25) is 9.59 Å². The second kappa shape index (κ2) is 17.0. The summed E-state index contributed by atoms with van der Waals surface area (Å²) in [4.78, 5) is 32.2. The van der Waals surface area contributed by atoms with Gasteiger partial charge in [-0.05, 0) is 166 Å². The van der Waals surface area contributed by atoms with Crippen molar-refractivity contribution in [3.63, 3.8) is 0 Å². The number of rotatable bonds is 10. The van der Waals surface area contributed by atoms with Crippen LogP contribution in [0.1, 0.15) is 144 Å². The Morgan fingerprint density at radius 3 is 1.23 bits per heavy atom. The minimum atomic E-state index is -0.257. The van der Waals surface area contributed by atoms with Gasteiger partial charge >= 0.3 is 0 Å². The van der Waals surface area contributed by atoms with Crippen LogP contribution in [0.25, 0.3) is 79.7 Å². The van der Waals surface area contributed by atoms with E-state index < -0.39 is 0 Å². The molecule has 11 rings (SSSR count). The average molecular weight is 979 g/mol. The van der Waals surface area contributed by atoms with Gasteiger partial charge in [0.2, 0.25) is 0 Å². The highest BCUT2D eigenvalue weighted by molar-refractivity contribution is 7.25. The Hall–Kier alpha value is -6.56. The van der Waals surface area contributed by atoms with Crippen LogP contribution < -0.4 is 16.0 Å². The summed E-state index contributed by atoms with van der Waals surface area (Å²) in [5.41, 5.74) is 8.81. The number of pyridine rings is 1. The Morgan fingerprint density at radius 1 is 0.425 bits per heavy atom. The summed E-state index contributed by atoms with van der Waals surface area (Å²) in [7, 11) is 0. The van der Waals surface area contributed by atoms with Gasteiger partial charge in [0.05, 0.1) is 5.69 Å². The van der Waals surface area contributed by atoms with Gasteiger partial charge in [-0.25, -0.2) is 4.57 Å². The van der Waals surface area contributed by atoms with Crippen molar-refractivity contribution < 1.29 is 0 Å². The normalized spacial score (nSPS) is 13.3. The van der Waals surface area contributed by atoms with E-state index in [4.69, 9.17) is 0 Å². The minimum Gasteiger partial charge on any atom is -0.310 e. The maximum Gasteiger partial charge on any atom is 0.266 e. The van der Waals surface area contributed by atoms with E-state index in [-0.39, 0.29) is 44.6 Å². The lowest BCUT2D eigenvalue weighted by Crippen LogP contribution is -2.33. The van der Waals surface area contributed by atoms with Crippen molar-refractivity contribution in [3.05, 3.63) is 176 Å². The third kappa shape index (κ3) is 8.09. The molecule has 0 saturated carbocycles. The van der Waals surface area contributed by atoms with Crippen LogP contribution in [-0.4, -0.2) is 4.57 Å². The van der Waals surface area contributed by atoms with Crippen LogP contribution in [0.5, 0.6) is 0 Å². The lowest BCUT2D eigenvalue weighted by molar-refractivity contribution is 0.283. The van der Waals surface area contributed by atoms with Crippen LogP contribution >= 0.6 is 11.3 Å². The highest BCUT2D eigenvalue weighted by atomic mass is 32.1. The topological polar surface area (TPSA) is 42.3 Å². The van der Waals surface area contributed by atoms with E-state index in [1.807, 2.05) is 29.5 Å². The predicted octanol–water partition coefficient (Wildman–Crippen LogP) is 19.4. The summed E-state index contributed by atoms with van der Waals surface area (Å²) in [6, 6.07) is 49.1. The Morgan fingerprint density at radius 2 is 0.795 bits per heavy atom. The number of hydrogen-bond donors (Lipinski definition) is 0. The molecule has 0 bridgehead atoms. The second-order valence-corrected chi connectivity index (χ2v) is 26.7. The van der Waals surface area contributed by atoms with Gasteiger partial charge in [0.1, 0.15) is 0 Å². The molecule has 0 saturated heterocycles. The SMILES string of the molecule is CC(C)c1cccc(C(C)C)c1-n1c(=O)c2ccc3c4ccc5sc6cc(N(c7ccc(C(C)(C)CC(C)(C)C)cc7)c7ccc(C(C)(C)CC(C)(C)C)cc7)ccc6c6ccc(c7ccc(c1=O)c2c37)c4c56. The summed E-state index contributed by atoms with van der Waals surface area (Å²) < 4.78 is 3.92. The summed E-state index contributed by atoms with van der Waals surface area (Å²) in [5, 5.41) is 12.2. The molecule has 0 unspecified atom stereocenters. The minimum absolute atomic E-state index is 0.0337. The standard InChI is InChI=1S/C68H70N2O2S/c1-39(2)46-16-15-17-47(40(3)4)62(46)70-63(71)54-32-30-50-52-29-28-49-48-27-26-45(36-57(48)73-56-35-34-53(59(52)61(49)56)51-31-33-55(64(70)72)60(54)58(50)51)69(43-22-18-41(19-23-43)67(11,12)37-65(5,6)7)44-24-20-42(21-25-44)68(13,14)38-66(8,9)10/h15-36,39-40H,37-38H2,1-14H3. The number of para-hydroxylation sites is 1. The molecule has 370 valence electrons. The fourth-order valence-corrected chi connectivity index (χ4v) is 14.5. The molecule has 0 N–H and O–H groups in total. The Kier molecular flexibility index (Phi) is 11.3. The molecule has 9 aromatic carbocycles. The van der Waals surface area contributed by atoms with E-state index in [1.165, 1.54) is 46.6 Å². The molecule has 2 aromatic heterocycles. The average Bonchev–Trinajstić information content (AvgIpc) is 3.32. The first-order chi connectivity index (χ1) is 34.4. The second-order valence-electron chi connectivity index (χ2n) is 25.6. The molecule has 0 aliphatic rings. The molecule has 0 aliphatic heterocycles. The molecule has 0 aliphatic carbocycles. The molecular formula is C68H70N2O2S. The molecule has 4 nitrogen and oxygen atoms in total. The van der Waals surface area contributed by atoms with E-state index in [9.17, 15) is 9.59 Å². The third-order valence-electron chi connectivity index (χ3n) is 15.8. The van der Waals surface area contributed by atoms with Gasteiger partial charge in [0.25, 0.3) is 11.1 Å². The lowest BCUT2D eigenvalue weighted by Gasteiger charge is -2.34. The summed E-state index contributed by atoms with van der Waals surface area (Å²) in [6.45, 7) is 32.0. The molecule has 2 heterocycles. The van der Waals surface area contributed by atoms with Gasteiger partial charge in [-0.2, -0.15) is 0 Å². The first kappa shape index (κ1) is 48.7. The van der Waals surface area contributed by atoms with Crippen LogP contribution in [0.3, 0.4) is 0 Å². The molecule has 5 heteroatoms. The highest BCUT2D eigenvalue weighted by Crippen LogP contribution is 2.49. The zero-order chi connectivity index (χ0) is 51.8. The number of benzene rings is 9. The maximum atomic E-state index is 14.9. The van der Waals surface area contributed by atoms with Crippen molar-refractivity contribution in [2.24, 2.45) is 10.8 Å². The van der Waals surface area contributed by atoms with E-state index >= 15 is 0 Å². The summed E-state index contributed by atoms with van der Waals surface area (Å²) in [5.74, 6) is 0.260. The monoisotopic (exact) mass is 979 g/mol. The van der Waals surface area contributed by atoms with E-state index in [0.29, 0.717) is 10.8 Å². The third-order valence-corrected chi connectivity index (χ3v) is 16.9. The molecule has 73 heavy (non-hydrogen) atoms. The van der Waals surface area contributed by atoms with Crippen molar-refractivity contribution in [1.29, 1.82) is 0 Å². The van der Waals surface area contributed by atoms with Crippen LogP contribution in [0.4, 0.5) is 17.1 Å². The number of fused-ring (bicyclic) bond motifs is 4. The fraction of sp³-hybridized carbons (Fsp3) is 0.324. The molecule has 0 radical (unpaired) electrons. The first-order valence-corrected chi connectivity index (χ1v) is 27.3. The Bertz CT molecular complexity index is 3900. The van der Waals surface area contributed by atoms with Gasteiger partial charge in [0, 0.05) is 48.0 Å². The van der Waals surface area contributed by atoms with Crippen LogP contribution in [-0.2, 0) is 10.8 Å². The van der Waals surface area contributed by atoms with Gasteiger partial charge < -0.3 is 4.90 Å². The largest absolute Gasteiger partial charge is 0.310 e. The maximum absolute atomic E-state index is 14.9. The van der Waals surface area contributed by atoms with Crippen molar-refractivity contribution in [1.82, 2.24) is 4.57 Å². The zero-order valence-electron chi connectivity index (χ0n) is 45.4. The van der Waals surface area contributed by atoms with Crippen LogP contribution in [0.2, 0.25) is 0 Å². The number of nitrogens with zero attached hydrogens (tertiary/aromatic N) is 2. The van der Waals surface area contributed by atoms with E-state index in [2.05, 4.69) is 217 Å². The fourth-order valence-electron chi connectivity index (χ4n) is 13.3. The van der Waals surface area contributed by atoms with Crippen molar-refractivity contribution in [3.8, 4) is 5.69 Å². The first-order valence-electron chi connectivity index (χ1n) is 26.5. The number of aromatic nitrogens is 1. The quantitative estimate of drug-likeness (QED) is 0.101. The van der Waals surface area contributed by atoms with E-state index in [0.717, 1.165) is 79.0 Å². The van der Waals surface area contributed by atoms with Crippen molar-refractivity contribution in [2.45, 2.75) is 132 Å². The molecule has 0 fully saturated rings. The Balaban J connectivity index is 1.07. The predicted molar refractivity (Wildman–Crippen MR) is 318 cm³/mol. The molecular weight excluding hydrogens is 909 g/mol. The van der Waals surface area contributed by atoms with Gasteiger partial charge in [-0.1, -0.05) is 176 Å². The van der Waals surface area contributed by atoms with Gasteiger partial charge in [-0.15, -0.1) is 11.3 Å². The zero-order valence-corrected chi connectivity index (χ0v) is 46.2. The van der Waals surface area contributed by atoms with Crippen molar-refractivity contribution in [2.75, 3.05) is 4.90 Å². The molecule has 0 atom stereocenters. The van der Waals surface area contributed by atoms with Crippen molar-refractivity contribution >= 4 is 102 Å². The number of anilines is 3.